The van der Waals surface area contributed by atoms with Gasteiger partial charge in [0.1, 0.15) is 6.61 Å². The van der Waals surface area contributed by atoms with E-state index < -0.39 is 11.7 Å². The Bertz CT molecular complexity index is 612. The zero-order chi connectivity index (χ0) is 16.0. The number of carbonyl (C=O) groups is 1. The molecule has 1 amide bonds. The molecule has 0 saturated heterocycles. The maximum Gasteiger partial charge on any atom is 0.249 e. The molecule has 2 saturated carbocycles. The minimum absolute atomic E-state index is 0.220. The van der Waals surface area contributed by atoms with Crippen molar-refractivity contribution in [2.75, 3.05) is 6.61 Å². The minimum Gasteiger partial charge on any atom is -0.489 e. The normalized spacial score (nSPS) is 24.5. The van der Waals surface area contributed by atoms with Gasteiger partial charge in [-0.2, -0.15) is 0 Å². The van der Waals surface area contributed by atoms with E-state index in [0.29, 0.717) is 36.2 Å². The summed E-state index contributed by atoms with van der Waals surface area (Å²) in [6.45, 7) is 0.499. The van der Waals surface area contributed by atoms with E-state index in [0.717, 1.165) is 0 Å². The van der Waals surface area contributed by atoms with E-state index in [4.69, 9.17) is 10.5 Å². The first kappa shape index (κ1) is 14.9. The molecule has 2 fully saturated rings. The zero-order valence-electron chi connectivity index (χ0n) is 13.3. The van der Waals surface area contributed by atoms with Crippen LogP contribution in [0, 0.1) is 5.82 Å². The number of fused-ring (bicyclic) bond motifs is 1. The molecule has 2 N–H and O–H groups in total. The van der Waals surface area contributed by atoms with Crippen molar-refractivity contribution in [2.24, 2.45) is 5.73 Å². The molecule has 5 heteroatoms. The van der Waals surface area contributed by atoms with Gasteiger partial charge in [-0.15, -0.1) is 0 Å². The van der Waals surface area contributed by atoms with Crippen molar-refractivity contribution in [1.82, 2.24) is 4.90 Å². The molecule has 3 aliphatic rings. The molecule has 1 atom stereocenters. The highest BCUT2D eigenvalue weighted by atomic mass is 19.1. The third-order valence-corrected chi connectivity index (χ3v) is 5.75. The van der Waals surface area contributed by atoms with Gasteiger partial charge in [-0.1, -0.05) is 12.8 Å². The second kappa shape index (κ2) is 5.78. The van der Waals surface area contributed by atoms with Crippen LogP contribution < -0.4 is 10.5 Å². The zero-order valence-corrected chi connectivity index (χ0v) is 13.3. The summed E-state index contributed by atoms with van der Waals surface area (Å²) in [7, 11) is 0. The van der Waals surface area contributed by atoms with Crippen LogP contribution in [0.4, 0.5) is 4.39 Å². The van der Waals surface area contributed by atoms with Crippen LogP contribution in [0.2, 0.25) is 0 Å². The Labute approximate surface area is 135 Å². The summed E-state index contributed by atoms with van der Waals surface area (Å²) in [5, 5.41) is 0. The number of primary amides is 1. The number of nitrogens with two attached hydrogens (primary N) is 1. The monoisotopic (exact) mass is 320 g/mol. The summed E-state index contributed by atoms with van der Waals surface area (Å²) in [5.74, 6) is -0.689. The van der Waals surface area contributed by atoms with Crippen molar-refractivity contribution in [3.63, 3.8) is 0 Å². The fourth-order valence-electron chi connectivity index (χ4n) is 4.12. The Morgan fingerprint density at radius 2 is 1.78 bits per heavy atom. The van der Waals surface area contributed by atoms with Gasteiger partial charge in [0, 0.05) is 29.3 Å². The summed E-state index contributed by atoms with van der Waals surface area (Å²) in [5.41, 5.74) is 6.52. The number of hydrogen-bond acceptors (Lipinski definition) is 3. The average Bonchev–Trinajstić information content (AvgIpc) is 2.42. The topological polar surface area (TPSA) is 55.6 Å². The van der Waals surface area contributed by atoms with Crippen LogP contribution in [0.5, 0.6) is 5.75 Å². The summed E-state index contributed by atoms with van der Waals surface area (Å²) < 4.78 is 19.8. The van der Waals surface area contributed by atoms with Gasteiger partial charge >= 0.3 is 0 Å². The standard InChI is InChI=1S/C18H23FN2O2/c19-16-8-7-14(18(20)22)15-9-13(10-23-17(15)16)21(11-3-1-4-11)12-5-2-6-12/h7-8,11-13H,1-6,9-10H2,(H2,20,22)/t13-/m1/s1/i18+2. The highest BCUT2D eigenvalue weighted by Gasteiger charge is 2.40. The maximum absolute atomic E-state index is 14.0. The summed E-state index contributed by atoms with van der Waals surface area (Å²) in [4.78, 5) is 14.3. The van der Waals surface area contributed by atoms with Crippen molar-refractivity contribution in [1.29, 1.82) is 0 Å². The first-order valence-corrected chi connectivity index (χ1v) is 8.66. The van der Waals surface area contributed by atoms with Gasteiger partial charge < -0.3 is 10.5 Å². The van der Waals surface area contributed by atoms with E-state index >= 15 is 0 Å². The van der Waals surface area contributed by atoms with E-state index in [1.807, 2.05) is 0 Å². The fourth-order valence-corrected chi connectivity index (χ4v) is 4.12. The Morgan fingerprint density at radius 1 is 1.13 bits per heavy atom. The third-order valence-electron chi connectivity index (χ3n) is 5.75. The highest BCUT2D eigenvalue weighted by Crippen LogP contribution is 2.39. The van der Waals surface area contributed by atoms with Crippen LogP contribution in [-0.4, -0.2) is 35.5 Å². The lowest BCUT2D eigenvalue weighted by Gasteiger charge is -2.51. The van der Waals surface area contributed by atoms with Crippen molar-refractivity contribution in [2.45, 2.75) is 63.1 Å². The first-order chi connectivity index (χ1) is 11.1. The first-order valence-electron chi connectivity index (χ1n) is 8.66. The van der Waals surface area contributed by atoms with Gasteiger partial charge in [0.15, 0.2) is 11.6 Å². The smallest absolute Gasteiger partial charge is 0.249 e. The van der Waals surface area contributed by atoms with Gasteiger partial charge in [-0.05, 0) is 44.2 Å². The molecule has 0 unspecified atom stereocenters. The molecule has 0 spiro atoms. The molecule has 1 aliphatic heterocycles. The second-order valence-electron chi connectivity index (χ2n) is 7.05. The Balaban J connectivity index is 1.64. The maximum atomic E-state index is 14.0. The Hall–Kier alpha value is -1.62. The molecule has 0 radical (unpaired) electrons. The number of carbonyl (C=O) groups excluding carboxylic acids is 1. The number of nitrogens with zero attached hydrogens (tertiary/aromatic N) is 1. The highest BCUT2D eigenvalue weighted by molar-refractivity contribution is 5.95. The SMILES string of the molecule is N[14C](=O)c1ccc(F)c2c1C[C@@H](N(C1CCC1)C1CCC1)CO2. The Kier molecular flexibility index (Phi) is 3.76. The molecular formula is C18H23FN2O2. The van der Waals surface area contributed by atoms with E-state index in [2.05, 4.69) is 4.90 Å². The quantitative estimate of drug-likeness (QED) is 0.928. The Morgan fingerprint density at radius 3 is 2.30 bits per heavy atom. The van der Waals surface area contributed by atoms with Gasteiger partial charge in [0.2, 0.25) is 5.91 Å². The predicted molar refractivity (Wildman–Crippen MR) is 85.0 cm³/mol. The van der Waals surface area contributed by atoms with Gasteiger partial charge in [0.25, 0.3) is 0 Å². The van der Waals surface area contributed by atoms with Crippen LogP contribution in [-0.2, 0) is 6.42 Å². The molecule has 124 valence electrons. The number of ether oxygens (including phenoxy) is 1. The number of rotatable bonds is 4. The predicted octanol–water partition coefficient (Wildman–Crippen LogP) is 2.64. The average molecular weight is 320 g/mol. The van der Waals surface area contributed by atoms with Crippen LogP contribution in [0.3, 0.4) is 0 Å². The lowest BCUT2D eigenvalue weighted by Crippen LogP contribution is -2.57. The fraction of sp³-hybridized carbons (Fsp3) is 0.611. The molecule has 0 bridgehead atoms. The van der Waals surface area contributed by atoms with Gasteiger partial charge in [0.05, 0.1) is 0 Å². The minimum atomic E-state index is -0.510. The van der Waals surface area contributed by atoms with Crippen molar-refractivity contribution < 1.29 is 13.9 Å². The van der Waals surface area contributed by atoms with E-state index in [-0.39, 0.29) is 11.8 Å². The molecule has 23 heavy (non-hydrogen) atoms. The van der Waals surface area contributed by atoms with Crippen molar-refractivity contribution in [3.05, 3.63) is 29.1 Å². The van der Waals surface area contributed by atoms with Crippen molar-refractivity contribution >= 4 is 5.91 Å². The molecule has 4 nitrogen and oxygen atoms in total. The molecule has 1 heterocycles. The van der Waals surface area contributed by atoms with Crippen LogP contribution >= 0.6 is 0 Å². The van der Waals surface area contributed by atoms with E-state index in [1.165, 1.54) is 50.7 Å². The third kappa shape index (κ3) is 2.51. The number of halogens is 1. The molecule has 2 aliphatic carbocycles. The second-order valence-corrected chi connectivity index (χ2v) is 7.05. The van der Waals surface area contributed by atoms with Crippen LogP contribution in [0.1, 0.15) is 54.4 Å². The summed E-state index contributed by atoms with van der Waals surface area (Å²) in [6.07, 6.45) is 8.20. The largest absolute Gasteiger partial charge is 0.489 e. The lowest BCUT2D eigenvalue weighted by atomic mass is 9.82. The van der Waals surface area contributed by atoms with E-state index in [1.54, 1.807) is 0 Å². The number of benzene rings is 1. The van der Waals surface area contributed by atoms with E-state index in [9.17, 15) is 9.18 Å². The van der Waals surface area contributed by atoms with Gasteiger partial charge in [-0.25, -0.2) is 4.39 Å². The molecule has 4 rings (SSSR count). The van der Waals surface area contributed by atoms with Crippen LogP contribution in [0.15, 0.2) is 12.1 Å². The number of amides is 1. The molecule has 1 aromatic rings. The molecular weight excluding hydrogens is 297 g/mol. The molecule has 1 aromatic carbocycles. The van der Waals surface area contributed by atoms with Crippen molar-refractivity contribution in [3.8, 4) is 5.75 Å². The number of hydrogen-bond donors (Lipinski definition) is 1. The van der Waals surface area contributed by atoms with Crippen LogP contribution in [0.25, 0.3) is 0 Å². The summed E-state index contributed by atoms with van der Waals surface area (Å²) >= 11 is 0. The molecule has 0 aromatic heterocycles. The van der Waals surface area contributed by atoms with Gasteiger partial charge in [-0.3, -0.25) is 9.69 Å². The lowest BCUT2D eigenvalue weighted by molar-refractivity contribution is -0.0194. The summed E-state index contributed by atoms with van der Waals surface area (Å²) in [6, 6.07) is 4.23.